The normalized spacial score (nSPS) is 10.1. The second kappa shape index (κ2) is 7.61. The second-order valence-electron chi connectivity index (χ2n) is 4.86. The first-order valence-corrected chi connectivity index (χ1v) is 8.04. The number of H-pyrrole nitrogens is 1. The number of benzene rings is 1. The fourth-order valence-corrected chi connectivity index (χ4v) is 2.67. The van der Waals surface area contributed by atoms with Crippen LogP contribution in [0.4, 0.5) is 5.69 Å². The van der Waals surface area contributed by atoms with Gasteiger partial charge in [-0.15, -0.1) is 0 Å². The summed E-state index contributed by atoms with van der Waals surface area (Å²) in [5.74, 6) is -0.0722. The first-order chi connectivity index (χ1) is 11.0. The van der Waals surface area contributed by atoms with Crippen LogP contribution in [0.3, 0.4) is 0 Å². The lowest BCUT2D eigenvalue weighted by Crippen LogP contribution is -2.18. The van der Waals surface area contributed by atoms with E-state index < -0.39 is 5.56 Å². The highest BCUT2D eigenvalue weighted by Crippen LogP contribution is 2.15. The number of hydrogen-bond acceptors (Lipinski definition) is 5. The summed E-state index contributed by atoms with van der Waals surface area (Å²) in [6, 6.07) is 9.35. The number of thioether (sulfide) groups is 1. The van der Waals surface area contributed by atoms with Crippen molar-refractivity contribution < 1.29 is 4.79 Å². The van der Waals surface area contributed by atoms with Gasteiger partial charge in [0.25, 0.3) is 5.56 Å². The molecule has 0 radical (unpaired) electrons. The van der Waals surface area contributed by atoms with Gasteiger partial charge in [-0.3, -0.25) is 9.59 Å². The third kappa shape index (κ3) is 4.44. The molecule has 1 aromatic carbocycles. The molecular weight excluding hydrogens is 312 g/mol. The van der Waals surface area contributed by atoms with Gasteiger partial charge in [0, 0.05) is 5.69 Å². The van der Waals surface area contributed by atoms with Gasteiger partial charge < -0.3 is 10.3 Å². The van der Waals surface area contributed by atoms with E-state index in [-0.39, 0.29) is 17.2 Å². The molecule has 1 heterocycles. The number of aromatic nitrogens is 2. The Morgan fingerprint density at radius 2 is 2.26 bits per heavy atom. The summed E-state index contributed by atoms with van der Waals surface area (Å²) in [7, 11) is 0. The van der Waals surface area contributed by atoms with Gasteiger partial charge in [-0.2, -0.15) is 5.26 Å². The average molecular weight is 328 g/mol. The van der Waals surface area contributed by atoms with Crippen molar-refractivity contribution in [1.29, 1.82) is 5.26 Å². The molecule has 1 amide bonds. The highest BCUT2D eigenvalue weighted by molar-refractivity contribution is 7.99. The summed E-state index contributed by atoms with van der Waals surface area (Å²) in [6.07, 6.45) is 0.482. The summed E-state index contributed by atoms with van der Waals surface area (Å²) in [5.41, 5.74) is 1.78. The van der Waals surface area contributed by atoms with Crippen LogP contribution in [0.5, 0.6) is 0 Å². The zero-order chi connectivity index (χ0) is 16.8. The zero-order valence-corrected chi connectivity index (χ0v) is 13.7. The Morgan fingerprint density at radius 3 is 2.91 bits per heavy atom. The Bertz CT molecular complexity index is 824. The maximum absolute atomic E-state index is 12.0. The van der Waals surface area contributed by atoms with E-state index in [1.807, 2.05) is 44.2 Å². The van der Waals surface area contributed by atoms with E-state index in [2.05, 4.69) is 15.3 Å². The minimum atomic E-state index is -0.471. The highest BCUT2D eigenvalue weighted by Gasteiger charge is 2.11. The molecule has 1 aromatic heterocycles. The molecule has 0 spiro atoms. The number of nitriles is 1. The summed E-state index contributed by atoms with van der Waals surface area (Å²) >= 11 is 1.13. The lowest BCUT2D eigenvalue weighted by Gasteiger charge is -2.06. The van der Waals surface area contributed by atoms with E-state index >= 15 is 0 Å². The van der Waals surface area contributed by atoms with Crippen molar-refractivity contribution in [1.82, 2.24) is 9.97 Å². The predicted molar refractivity (Wildman–Crippen MR) is 89.5 cm³/mol. The fraction of sp³-hybridized carbons (Fsp3) is 0.250. The zero-order valence-electron chi connectivity index (χ0n) is 12.8. The highest BCUT2D eigenvalue weighted by atomic mass is 32.2. The molecule has 0 aliphatic carbocycles. The number of rotatable bonds is 5. The molecule has 2 N–H and O–H groups in total. The van der Waals surface area contributed by atoms with Gasteiger partial charge in [-0.05, 0) is 31.0 Å². The number of hydrogen-bond donors (Lipinski definition) is 2. The minimum absolute atomic E-state index is 0.0288. The van der Waals surface area contributed by atoms with E-state index in [1.165, 1.54) is 0 Å². The van der Waals surface area contributed by atoms with Crippen molar-refractivity contribution in [3.63, 3.8) is 0 Å². The summed E-state index contributed by atoms with van der Waals surface area (Å²) in [5, 5.41) is 12.1. The minimum Gasteiger partial charge on any atom is -0.325 e. The second-order valence-corrected chi connectivity index (χ2v) is 5.83. The van der Waals surface area contributed by atoms with Crippen LogP contribution in [0.15, 0.2) is 34.2 Å². The summed E-state index contributed by atoms with van der Waals surface area (Å²) < 4.78 is 0. The maximum atomic E-state index is 12.0. The Kier molecular flexibility index (Phi) is 5.55. The van der Waals surface area contributed by atoms with Gasteiger partial charge in [0.15, 0.2) is 5.16 Å². The number of aryl methyl sites for hydroxylation is 2. The monoisotopic (exact) mass is 328 g/mol. The molecule has 2 rings (SSSR count). The van der Waals surface area contributed by atoms with Gasteiger partial charge in [-0.1, -0.05) is 30.8 Å². The number of amides is 1. The van der Waals surface area contributed by atoms with Crippen molar-refractivity contribution in [3.8, 4) is 6.07 Å². The van der Waals surface area contributed by atoms with Crippen LogP contribution in [0.25, 0.3) is 0 Å². The number of carbonyl (C=O) groups is 1. The SMILES string of the molecule is CCc1nc(SCC(=O)Nc2cccc(C)c2)[nH]c(=O)c1C#N. The van der Waals surface area contributed by atoms with Crippen molar-refractivity contribution in [2.45, 2.75) is 25.4 Å². The number of nitrogens with zero attached hydrogens (tertiary/aromatic N) is 2. The standard InChI is InChI=1S/C16H16N4O2S/c1-3-13-12(8-17)15(22)20-16(19-13)23-9-14(21)18-11-6-4-5-10(2)7-11/h4-7H,3,9H2,1-2H3,(H,18,21)(H,19,20,22). The van der Waals surface area contributed by atoms with E-state index in [9.17, 15) is 9.59 Å². The third-order valence-electron chi connectivity index (χ3n) is 3.06. The molecule has 0 atom stereocenters. The molecule has 23 heavy (non-hydrogen) atoms. The summed E-state index contributed by atoms with van der Waals surface area (Å²) in [6.45, 7) is 3.77. The topological polar surface area (TPSA) is 98.6 Å². The van der Waals surface area contributed by atoms with Crippen LogP contribution in [0.2, 0.25) is 0 Å². The number of anilines is 1. The number of aromatic amines is 1. The first kappa shape index (κ1) is 16.8. The van der Waals surface area contributed by atoms with Crippen LogP contribution in [-0.2, 0) is 11.2 Å². The Hall–Kier alpha value is -2.59. The van der Waals surface area contributed by atoms with E-state index in [0.29, 0.717) is 17.3 Å². The molecule has 0 saturated heterocycles. The Balaban J connectivity index is 2.03. The quantitative estimate of drug-likeness (QED) is 0.648. The molecule has 0 aliphatic rings. The molecule has 2 aromatic rings. The number of carbonyl (C=O) groups excluding carboxylic acids is 1. The van der Waals surface area contributed by atoms with Gasteiger partial charge in [-0.25, -0.2) is 4.98 Å². The van der Waals surface area contributed by atoms with Crippen molar-refractivity contribution in [3.05, 3.63) is 51.4 Å². The molecule has 0 saturated carbocycles. The lowest BCUT2D eigenvalue weighted by molar-refractivity contribution is -0.113. The number of nitrogens with one attached hydrogen (secondary N) is 2. The fourth-order valence-electron chi connectivity index (χ4n) is 1.99. The molecule has 7 heteroatoms. The molecule has 0 unspecified atom stereocenters. The maximum Gasteiger partial charge on any atom is 0.269 e. The van der Waals surface area contributed by atoms with E-state index in [4.69, 9.17) is 5.26 Å². The van der Waals surface area contributed by atoms with Crippen LogP contribution in [0, 0.1) is 18.3 Å². The van der Waals surface area contributed by atoms with E-state index in [1.54, 1.807) is 0 Å². The molecule has 0 fully saturated rings. The van der Waals surface area contributed by atoms with Crippen molar-refractivity contribution in [2.24, 2.45) is 0 Å². The van der Waals surface area contributed by atoms with Gasteiger partial charge in [0.1, 0.15) is 11.6 Å². The van der Waals surface area contributed by atoms with Crippen LogP contribution < -0.4 is 10.9 Å². The molecular formula is C16H16N4O2S. The first-order valence-electron chi connectivity index (χ1n) is 7.06. The average Bonchev–Trinajstić information content (AvgIpc) is 2.52. The summed E-state index contributed by atoms with van der Waals surface area (Å²) in [4.78, 5) is 30.5. The Morgan fingerprint density at radius 1 is 1.48 bits per heavy atom. The smallest absolute Gasteiger partial charge is 0.269 e. The van der Waals surface area contributed by atoms with Gasteiger partial charge >= 0.3 is 0 Å². The molecule has 0 aliphatic heterocycles. The van der Waals surface area contributed by atoms with Crippen LogP contribution in [-0.4, -0.2) is 21.6 Å². The lowest BCUT2D eigenvalue weighted by atomic mass is 10.2. The van der Waals surface area contributed by atoms with Crippen molar-refractivity contribution >= 4 is 23.4 Å². The molecule has 118 valence electrons. The third-order valence-corrected chi connectivity index (χ3v) is 3.93. The van der Waals surface area contributed by atoms with Gasteiger partial charge in [0.05, 0.1) is 11.4 Å². The molecule has 6 nitrogen and oxygen atoms in total. The van der Waals surface area contributed by atoms with Crippen LogP contribution in [0.1, 0.15) is 23.7 Å². The van der Waals surface area contributed by atoms with Crippen molar-refractivity contribution in [2.75, 3.05) is 11.1 Å². The van der Waals surface area contributed by atoms with E-state index in [0.717, 1.165) is 23.0 Å². The Labute approximate surface area is 138 Å². The predicted octanol–water partition coefficient (Wildman–Crippen LogP) is 2.24. The largest absolute Gasteiger partial charge is 0.325 e. The molecule has 0 bridgehead atoms. The van der Waals surface area contributed by atoms with Gasteiger partial charge in [0.2, 0.25) is 5.91 Å². The van der Waals surface area contributed by atoms with Crippen LogP contribution >= 0.6 is 11.8 Å².